The minimum absolute atomic E-state index is 0.132. The van der Waals surface area contributed by atoms with Crippen LogP contribution in [0.1, 0.15) is 44.7 Å². The summed E-state index contributed by atoms with van der Waals surface area (Å²) in [6, 6.07) is 14.7. The number of ether oxygens (including phenoxy) is 2. The molecule has 0 aliphatic heterocycles. The average molecular weight is 427 g/mol. The van der Waals surface area contributed by atoms with Crippen LogP contribution in [0.15, 0.2) is 48.5 Å². The first-order chi connectivity index (χ1) is 15.0. The second kappa shape index (κ2) is 12.6. The molecule has 168 valence electrons. The van der Waals surface area contributed by atoms with E-state index in [4.69, 9.17) is 9.47 Å². The summed E-state index contributed by atoms with van der Waals surface area (Å²) in [4.78, 5) is 27.5. The molecule has 2 aromatic carbocycles. The van der Waals surface area contributed by atoms with Gasteiger partial charge in [-0.25, -0.2) is 0 Å². The van der Waals surface area contributed by atoms with Gasteiger partial charge in [0.25, 0.3) is 5.91 Å². The summed E-state index contributed by atoms with van der Waals surface area (Å²) >= 11 is 0. The van der Waals surface area contributed by atoms with Crippen LogP contribution in [0, 0.1) is 0 Å². The zero-order valence-corrected chi connectivity index (χ0v) is 19.0. The second-order valence-corrected chi connectivity index (χ2v) is 7.37. The van der Waals surface area contributed by atoms with Crippen LogP contribution in [0.3, 0.4) is 0 Å². The Hall–Kier alpha value is -3.02. The highest BCUT2D eigenvalue weighted by molar-refractivity contribution is 5.88. The van der Waals surface area contributed by atoms with Gasteiger partial charge >= 0.3 is 0 Å². The summed E-state index contributed by atoms with van der Waals surface area (Å²) in [6.07, 6.45) is 2.29. The Morgan fingerprint density at radius 3 is 2.35 bits per heavy atom. The molecule has 1 atom stereocenters. The number of rotatable bonds is 12. The SMILES string of the molecule is CCCNC(=O)[C@H](CC)N(Cc1cccc(OC)c1)C(=O)COc1ccc(CC)cc1. The van der Waals surface area contributed by atoms with Crippen molar-refractivity contribution in [2.45, 2.75) is 52.6 Å². The summed E-state index contributed by atoms with van der Waals surface area (Å²) in [6.45, 7) is 6.74. The van der Waals surface area contributed by atoms with Crippen molar-refractivity contribution in [1.29, 1.82) is 0 Å². The molecular weight excluding hydrogens is 392 g/mol. The van der Waals surface area contributed by atoms with Crippen molar-refractivity contribution >= 4 is 11.8 Å². The molecule has 2 rings (SSSR count). The first kappa shape index (κ1) is 24.3. The number of carbonyl (C=O) groups is 2. The lowest BCUT2D eigenvalue weighted by atomic mass is 10.1. The molecule has 6 heteroatoms. The lowest BCUT2D eigenvalue weighted by Crippen LogP contribution is -2.50. The van der Waals surface area contributed by atoms with E-state index in [9.17, 15) is 9.59 Å². The highest BCUT2D eigenvalue weighted by Crippen LogP contribution is 2.18. The Morgan fingerprint density at radius 2 is 1.74 bits per heavy atom. The number of hydrogen-bond acceptors (Lipinski definition) is 4. The molecule has 1 N–H and O–H groups in total. The van der Waals surface area contributed by atoms with E-state index in [1.165, 1.54) is 5.56 Å². The fourth-order valence-corrected chi connectivity index (χ4v) is 3.30. The summed E-state index contributed by atoms with van der Waals surface area (Å²) < 4.78 is 11.0. The number of aryl methyl sites for hydroxylation is 1. The molecule has 0 bridgehead atoms. The third kappa shape index (κ3) is 7.31. The third-order valence-corrected chi connectivity index (χ3v) is 5.12. The Balaban J connectivity index is 2.18. The third-order valence-electron chi connectivity index (χ3n) is 5.12. The van der Waals surface area contributed by atoms with Crippen LogP contribution in [0.4, 0.5) is 0 Å². The molecule has 0 fully saturated rings. The van der Waals surface area contributed by atoms with Gasteiger partial charge in [0.15, 0.2) is 6.61 Å². The van der Waals surface area contributed by atoms with Crippen molar-refractivity contribution in [3.05, 3.63) is 59.7 Å². The minimum atomic E-state index is -0.573. The number of carbonyl (C=O) groups excluding carboxylic acids is 2. The van der Waals surface area contributed by atoms with E-state index >= 15 is 0 Å². The van der Waals surface area contributed by atoms with Gasteiger partial charge in [0.05, 0.1) is 7.11 Å². The molecule has 31 heavy (non-hydrogen) atoms. The lowest BCUT2D eigenvalue weighted by molar-refractivity contribution is -0.143. The number of benzene rings is 2. The Morgan fingerprint density at radius 1 is 1.00 bits per heavy atom. The van der Waals surface area contributed by atoms with E-state index in [-0.39, 0.29) is 18.4 Å². The number of hydrogen-bond donors (Lipinski definition) is 1. The molecule has 0 saturated heterocycles. The Bertz CT molecular complexity index is 836. The normalized spacial score (nSPS) is 11.5. The topological polar surface area (TPSA) is 67.9 Å². The van der Waals surface area contributed by atoms with E-state index in [0.29, 0.717) is 31.0 Å². The molecule has 0 spiro atoms. The van der Waals surface area contributed by atoms with Crippen molar-refractivity contribution in [3.8, 4) is 11.5 Å². The van der Waals surface area contributed by atoms with E-state index in [0.717, 1.165) is 18.4 Å². The number of nitrogens with one attached hydrogen (secondary N) is 1. The fraction of sp³-hybridized carbons (Fsp3) is 0.440. The van der Waals surface area contributed by atoms with Crippen molar-refractivity contribution in [3.63, 3.8) is 0 Å². The Kier molecular flexibility index (Phi) is 9.88. The van der Waals surface area contributed by atoms with Gasteiger partial charge in [0.1, 0.15) is 17.5 Å². The standard InChI is InChI=1S/C25H34N2O4/c1-5-15-26-25(29)23(7-3)27(17-20-9-8-10-22(16-20)30-4)24(28)18-31-21-13-11-19(6-2)12-14-21/h8-14,16,23H,5-7,15,17-18H2,1-4H3,(H,26,29)/t23-/m0/s1. The van der Waals surface area contributed by atoms with Gasteiger partial charge < -0.3 is 19.7 Å². The maximum Gasteiger partial charge on any atom is 0.261 e. The molecule has 2 amide bonds. The average Bonchev–Trinajstić information content (AvgIpc) is 2.81. The van der Waals surface area contributed by atoms with Crippen LogP contribution >= 0.6 is 0 Å². The van der Waals surface area contributed by atoms with Crippen molar-refractivity contribution in [2.75, 3.05) is 20.3 Å². The van der Waals surface area contributed by atoms with Crippen LogP contribution in [0.5, 0.6) is 11.5 Å². The summed E-state index contributed by atoms with van der Waals surface area (Å²) in [5.41, 5.74) is 2.10. The first-order valence-corrected chi connectivity index (χ1v) is 10.9. The van der Waals surface area contributed by atoms with E-state index < -0.39 is 6.04 Å². The molecule has 0 aliphatic carbocycles. The van der Waals surface area contributed by atoms with Gasteiger partial charge in [-0.1, -0.05) is 45.0 Å². The van der Waals surface area contributed by atoms with Crippen LogP contribution < -0.4 is 14.8 Å². The zero-order valence-electron chi connectivity index (χ0n) is 19.0. The predicted octanol–water partition coefficient (Wildman–Crippen LogP) is 3.97. The highest BCUT2D eigenvalue weighted by atomic mass is 16.5. The molecule has 2 aromatic rings. The molecule has 6 nitrogen and oxygen atoms in total. The molecular formula is C25H34N2O4. The van der Waals surface area contributed by atoms with Crippen molar-refractivity contribution < 1.29 is 19.1 Å². The monoisotopic (exact) mass is 426 g/mol. The molecule has 0 saturated carbocycles. The number of methoxy groups -OCH3 is 1. The van der Waals surface area contributed by atoms with Gasteiger partial charge in [0, 0.05) is 13.1 Å². The summed E-state index contributed by atoms with van der Waals surface area (Å²) in [7, 11) is 1.60. The van der Waals surface area contributed by atoms with Crippen LogP contribution in [-0.2, 0) is 22.6 Å². The zero-order chi connectivity index (χ0) is 22.6. The summed E-state index contributed by atoms with van der Waals surface area (Å²) in [5.74, 6) is 0.963. The smallest absolute Gasteiger partial charge is 0.261 e. The van der Waals surface area contributed by atoms with Crippen LogP contribution in [0.2, 0.25) is 0 Å². The van der Waals surface area contributed by atoms with Crippen molar-refractivity contribution in [2.24, 2.45) is 0 Å². The van der Waals surface area contributed by atoms with E-state index in [1.807, 2.05) is 62.4 Å². The van der Waals surface area contributed by atoms with E-state index in [1.54, 1.807) is 12.0 Å². The first-order valence-electron chi connectivity index (χ1n) is 10.9. The van der Waals surface area contributed by atoms with Crippen molar-refractivity contribution in [1.82, 2.24) is 10.2 Å². The van der Waals surface area contributed by atoms with Gasteiger partial charge in [-0.05, 0) is 54.7 Å². The van der Waals surface area contributed by atoms with Gasteiger partial charge in [-0.15, -0.1) is 0 Å². The van der Waals surface area contributed by atoms with E-state index in [2.05, 4.69) is 12.2 Å². The minimum Gasteiger partial charge on any atom is -0.497 e. The molecule has 0 aliphatic rings. The lowest BCUT2D eigenvalue weighted by Gasteiger charge is -2.30. The maximum absolute atomic E-state index is 13.2. The largest absolute Gasteiger partial charge is 0.497 e. The van der Waals surface area contributed by atoms with Crippen LogP contribution in [0.25, 0.3) is 0 Å². The van der Waals surface area contributed by atoms with Crippen LogP contribution in [-0.4, -0.2) is 43.0 Å². The number of amides is 2. The second-order valence-electron chi connectivity index (χ2n) is 7.37. The Labute approximate surface area is 185 Å². The van der Waals surface area contributed by atoms with Gasteiger partial charge in [-0.2, -0.15) is 0 Å². The quantitative estimate of drug-likeness (QED) is 0.558. The summed E-state index contributed by atoms with van der Waals surface area (Å²) in [5, 5.41) is 2.92. The van der Waals surface area contributed by atoms with Gasteiger partial charge in [0.2, 0.25) is 5.91 Å². The molecule has 0 heterocycles. The fourth-order valence-electron chi connectivity index (χ4n) is 3.30. The highest BCUT2D eigenvalue weighted by Gasteiger charge is 2.28. The molecule has 0 unspecified atom stereocenters. The predicted molar refractivity (Wildman–Crippen MR) is 122 cm³/mol. The maximum atomic E-state index is 13.2. The number of nitrogens with zero attached hydrogens (tertiary/aromatic N) is 1. The molecule has 0 aromatic heterocycles. The molecule has 0 radical (unpaired) electrons. The van der Waals surface area contributed by atoms with Gasteiger partial charge in [-0.3, -0.25) is 9.59 Å².